The smallest absolute Gasteiger partial charge is 0.251 e. The van der Waals surface area contributed by atoms with Gasteiger partial charge in [-0.05, 0) is 58.7 Å². The minimum absolute atomic E-state index is 0.234. The third-order valence-corrected chi connectivity index (χ3v) is 3.65. The fourth-order valence-corrected chi connectivity index (χ4v) is 2.19. The molecule has 0 fully saturated rings. The Labute approximate surface area is 125 Å². The van der Waals surface area contributed by atoms with Crippen LogP contribution in [-0.4, -0.2) is 5.91 Å². The van der Waals surface area contributed by atoms with Gasteiger partial charge in [-0.25, -0.2) is 4.39 Å². The monoisotopic (exact) mass is 336 g/mol. The topological polar surface area (TPSA) is 55.1 Å². The summed E-state index contributed by atoms with van der Waals surface area (Å²) in [5.41, 5.74) is 7.46. The second kappa shape index (κ2) is 6.05. The van der Waals surface area contributed by atoms with E-state index in [1.807, 2.05) is 0 Å². The van der Waals surface area contributed by atoms with Crippen LogP contribution in [0.25, 0.3) is 0 Å². The van der Waals surface area contributed by atoms with E-state index in [2.05, 4.69) is 21.2 Å². The van der Waals surface area contributed by atoms with Crippen LogP contribution >= 0.6 is 15.9 Å². The number of benzene rings is 2. The van der Waals surface area contributed by atoms with Gasteiger partial charge in [-0.2, -0.15) is 0 Å². The molecule has 0 aromatic heterocycles. The van der Waals surface area contributed by atoms with Gasteiger partial charge in [0.05, 0.1) is 6.04 Å². The second-order valence-corrected chi connectivity index (χ2v) is 5.34. The van der Waals surface area contributed by atoms with Crippen LogP contribution in [-0.2, 0) is 0 Å². The molecule has 0 bridgehead atoms. The van der Waals surface area contributed by atoms with E-state index in [9.17, 15) is 9.18 Å². The third kappa shape index (κ3) is 3.36. The summed E-state index contributed by atoms with van der Waals surface area (Å²) >= 11 is 3.28. The normalized spacial score (nSPS) is 11.9. The first kappa shape index (κ1) is 14.5. The van der Waals surface area contributed by atoms with Crippen LogP contribution in [0.3, 0.4) is 0 Å². The minimum Gasteiger partial charge on any atom is -0.398 e. The summed E-state index contributed by atoms with van der Waals surface area (Å²) in [5, 5.41) is 2.82. The molecule has 0 aliphatic rings. The number of halogens is 2. The van der Waals surface area contributed by atoms with E-state index in [1.54, 1.807) is 37.3 Å². The highest BCUT2D eigenvalue weighted by molar-refractivity contribution is 9.10. The summed E-state index contributed by atoms with van der Waals surface area (Å²) in [6.07, 6.45) is 0. The van der Waals surface area contributed by atoms with Crippen LogP contribution < -0.4 is 11.1 Å². The minimum atomic E-state index is -0.321. The standard InChI is InChI=1S/C15H14BrFN2O/c1-9(10-3-2-4-12(17)7-10)19-15(20)11-5-6-14(18)13(16)8-11/h2-9H,18H2,1H3,(H,19,20). The molecule has 1 amide bonds. The van der Waals surface area contributed by atoms with Crippen LogP contribution in [0.5, 0.6) is 0 Å². The fourth-order valence-electron chi connectivity index (χ4n) is 1.81. The first-order valence-corrected chi connectivity index (χ1v) is 6.88. The molecular formula is C15H14BrFN2O. The molecule has 2 aromatic rings. The molecule has 0 spiro atoms. The van der Waals surface area contributed by atoms with Gasteiger partial charge < -0.3 is 11.1 Å². The van der Waals surface area contributed by atoms with E-state index in [0.717, 1.165) is 0 Å². The Hall–Kier alpha value is -1.88. The van der Waals surface area contributed by atoms with Gasteiger partial charge in [-0.1, -0.05) is 12.1 Å². The van der Waals surface area contributed by atoms with Crippen LogP contribution in [0.1, 0.15) is 28.9 Å². The lowest BCUT2D eigenvalue weighted by molar-refractivity contribution is 0.0940. The molecule has 1 atom stereocenters. The maximum atomic E-state index is 13.2. The molecule has 0 aliphatic carbocycles. The van der Waals surface area contributed by atoms with Crippen molar-refractivity contribution >= 4 is 27.5 Å². The third-order valence-electron chi connectivity index (χ3n) is 2.96. The van der Waals surface area contributed by atoms with Crippen molar-refractivity contribution in [3.8, 4) is 0 Å². The molecule has 0 radical (unpaired) electrons. The molecule has 2 rings (SSSR count). The lowest BCUT2D eigenvalue weighted by Crippen LogP contribution is -2.26. The first-order chi connectivity index (χ1) is 9.47. The maximum absolute atomic E-state index is 13.2. The van der Waals surface area contributed by atoms with E-state index in [4.69, 9.17) is 5.73 Å². The number of carbonyl (C=O) groups is 1. The Balaban J connectivity index is 2.13. The van der Waals surface area contributed by atoms with Gasteiger partial charge >= 0.3 is 0 Å². The van der Waals surface area contributed by atoms with E-state index in [0.29, 0.717) is 21.3 Å². The summed E-state index contributed by atoms with van der Waals surface area (Å²) in [4.78, 5) is 12.1. The van der Waals surface area contributed by atoms with Gasteiger partial charge in [-0.3, -0.25) is 4.79 Å². The Morgan fingerprint density at radius 1 is 1.30 bits per heavy atom. The molecule has 104 valence electrons. The number of carbonyl (C=O) groups excluding carboxylic acids is 1. The molecule has 0 heterocycles. The molecule has 0 saturated heterocycles. The van der Waals surface area contributed by atoms with Crippen molar-refractivity contribution in [1.82, 2.24) is 5.32 Å². The zero-order valence-electron chi connectivity index (χ0n) is 10.9. The number of nitrogens with one attached hydrogen (secondary N) is 1. The quantitative estimate of drug-likeness (QED) is 0.840. The zero-order chi connectivity index (χ0) is 14.7. The predicted octanol–water partition coefficient (Wildman–Crippen LogP) is 3.66. The molecule has 0 saturated carbocycles. The first-order valence-electron chi connectivity index (χ1n) is 6.08. The maximum Gasteiger partial charge on any atom is 0.251 e. The molecule has 3 N–H and O–H groups in total. The number of rotatable bonds is 3. The van der Waals surface area contributed by atoms with Gasteiger partial charge in [0.2, 0.25) is 0 Å². The van der Waals surface area contributed by atoms with Gasteiger partial charge in [0.1, 0.15) is 5.82 Å². The molecule has 0 aliphatic heterocycles. The van der Waals surface area contributed by atoms with Crippen LogP contribution in [0, 0.1) is 5.82 Å². The summed E-state index contributed by atoms with van der Waals surface area (Å²) in [6.45, 7) is 1.80. The van der Waals surface area contributed by atoms with Crippen molar-refractivity contribution in [3.63, 3.8) is 0 Å². The Bertz CT molecular complexity index is 646. The highest BCUT2D eigenvalue weighted by atomic mass is 79.9. The fraction of sp³-hybridized carbons (Fsp3) is 0.133. The number of nitrogens with two attached hydrogens (primary N) is 1. The van der Waals surface area contributed by atoms with Crippen molar-refractivity contribution in [1.29, 1.82) is 0 Å². The Morgan fingerprint density at radius 3 is 2.70 bits per heavy atom. The van der Waals surface area contributed by atoms with Crippen molar-refractivity contribution < 1.29 is 9.18 Å². The van der Waals surface area contributed by atoms with Crippen LogP contribution in [0.2, 0.25) is 0 Å². The van der Waals surface area contributed by atoms with Crippen molar-refractivity contribution in [2.24, 2.45) is 0 Å². The van der Waals surface area contributed by atoms with Crippen molar-refractivity contribution in [3.05, 3.63) is 63.9 Å². The average Bonchev–Trinajstić information content (AvgIpc) is 2.41. The summed E-state index contributed by atoms with van der Waals surface area (Å²) in [5.74, 6) is -0.554. The highest BCUT2D eigenvalue weighted by Crippen LogP contribution is 2.21. The number of amides is 1. The molecule has 2 aromatic carbocycles. The zero-order valence-corrected chi connectivity index (χ0v) is 12.4. The highest BCUT2D eigenvalue weighted by Gasteiger charge is 2.12. The van der Waals surface area contributed by atoms with Crippen LogP contribution in [0.4, 0.5) is 10.1 Å². The number of hydrogen-bond acceptors (Lipinski definition) is 2. The van der Waals surface area contributed by atoms with Gasteiger partial charge in [0.15, 0.2) is 0 Å². The van der Waals surface area contributed by atoms with Gasteiger partial charge in [-0.15, -0.1) is 0 Å². The van der Waals surface area contributed by atoms with Gasteiger partial charge in [0.25, 0.3) is 5.91 Å². The molecular weight excluding hydrogens is 323 g/mol. The van der Waals surface area contributed by atoms with E-state index in [-0.39, 0.29) is 17.8 Å². The SMILES string of the molecule is CC(NC(=O)c1ccc(N)c(Br)c1)c1cccc(F)c1. The number of nitrogen functional groups attached to an aromatic ring is 1. The molecule has 20 heavy (non-hydrogen) atoms. The Kier molecular flexibility index (Phi) is 4.39. The largest absolute Gasteiger partial charge is 0.398 e. The van der Waals surface area contributed by atoms with Gasteiger partial charge in [0, 0.05) is 15.7 Å². The van der Waals surface area contributed by atoms with Crippen LogP contribution in [0.15, 0.2) is 46.9 Å². The molecule has 1 unspecified atom stereocenters. The number of hydrogen-bond donors (Lipinski definition) is 2. The lowest BCUT2D eigenvalue weighted by Gasteiger charge is -2.14. The average molecular weight is 337 g/mol. The summed E-state index contributed by atoms with van der Waals surface area (Å²) in [6, 6.07) is 10.8. The molecule has 5 heteroatoms. The van der Waals surface area contributed by atoms with E-state index in [1.165, 1.54) is 12.1 Å². The van der Waals surface area contributed by atoms with Crippen molar-refractivity contribution in [2.45, 2.75) is 13.0 Å². The van der Waals surface area contributed by atoms with Crippen molar-refractivity contribution in [2.75, 3.05) is 5.73 Å². The summed E-state index contributed by atoms with van der Waals surface area (Å²) < 4.78 is 13.8. The second-order valence-electron chi connectivity index (χ2n) is 4.49. The number of anilines is 1. The Morgan fingerprint density at radius 2 is 2.05 bits per heavy atom. The van der Waals surface area contributed by atoms with E-state index >= 15 is 0 Å². The molecule has 3 nitrogen and oxygen atoms in total. The summed E-state index contributed by atoms with van der Waals surface area (Å²) in [7, 11) is 0. The van der Waals surface area contributed by atoms with E-state index < -0.39 is 0 Å². The predicted molar refractivity (Wildman–Crippen MR) is 80.8 cm³/mol. The lowest BCUT2D eigenvalue weighted by atomic mass is 10.1.